The largest absolute Gasteiger partial charge is 0.463 e. The van der Waals surface area contributed by atoms with Crippen LogP contribution in [0.5, 0.6) is 6.01 Å². The molecule has 1 heterocycles. The normalized spacial score (nSPS) is 14.7. The summed E-state index contributed by atoms with van der Waals surface area (Å²) >= 11 is 0. The maximum atomic E-state index is 5.68. The maximum Gasteiger partial charge on any atom is 0.323 e. The molecule has 0 aliphatic heterocycles. The quantitative estimate of drug-likeness (QED) is 0.802. The molecule has 1 saturated carbocycles. The molecule has 0 amide bonds. The van der Waals surface area contributed by atoms with E-state index < -0.39 is 0 Å². The van der Waals surface area contributed by atoms with Crippen LogP contribution in [-0.2, 0) is 0 Å². The molecule has 1 aliphatic rings. The van der Waals surface area contributed by atoms with Crippen molar-refractivity contribution < 1.29 is 4.74 Å². The smallest absolute Gasteiger partial charge is 0.323 e. The molecule has 1 aliphatic carbocycles. The van der Waals surface area contributed by atoms with Crippen molar-refractivity contribution in [3.63, 3.8) is 0 Å². The summed E-state index contributed by atoms with van der Waals surface area (Å²) in [5.74, 6) is 0.855. The molecule has 0 unspecified atom stereocenters. The Morgan fingerprint density at radius 1 is 1.29 bits per heavy atom. The first-order valence-corrected chi connectivity index (χ1v) is 6.15. The fourth-order valence-corrected chi connectivity index (χ4v) is 1.70. The minimum absolute atomic E-state index is 0.222. The number of rotatable bonds is 6. The number of nitrogen functional groups attached to an aromatic ring is 1. The van der Waals surface area contributed by atoms with E-state index >= 15 is 0 Å². The number of anilines is 2. The Bertz CT molecular complexity index is 380. The van der Waals surface area contributed by atoms with E-state index in [0.29, 0.717) is 24.6 Å². The van der Waals surface area contributed by atoms with Gasteiger partial charge in [0.2, 0.25) is 11.9 Å². The van der Waals surface area contributed by atoms with Crippen molar-refractivity contribution in [1.29, 1.82) is 0 Å². The van der Waals surface area contributed by atoms with E-state index in [9.17, 15) is 0 Å². The zero-order valence-corrected chi connectivity index (χ0v) is 10.4. The molecule has 0 saturated heterocycles. The minimum atomic E-state index is 0.222. The van der Waals surface area contributed by atoms with Crippen LogP contribution in [0.15, 0.2) is 0 Å². The summed E-state index contributed by atoms with van der Waals surface area (Å²) in [6, 6.07) is 0.884. The standard InChI is InChI=1S/C11H19N5O/c1-3-7-17-11-14-9(12)13-10(15-11)16(4-2)8-5-6-8/h8H,3-7H2,1-2H3,(H2,12,13,14,15). The van der Waals surface area contributed by atoms with Gasteiger partial charge in [-0.3, -0.25) is 0 Å². The summed E-state index contributed by atoms with van der Waals surface area (Å²) in [5, 5.41) is 0. The lowest BCUT2D eigenvalue weighted by Crippen LogP contribution is -2.27. The second-order valence-corrected chi connectivity index (χ2v) is 4.14. The summed E-state index contributed by atoms with van der Waals surface area (Å²) in [7, 11) is 0. The van der Waals surface area contributed by atoms with Crippen molar-refractivity contribution in [3.8, 4) is 6.01 Å². The summed E-state index contributed by atoms with van der Waals surface area (Å²) in [4.78, 5) is 14.6. The molecular weight excluding hydrogens is 218 g/mol. The highest BCUT2D eigenvalue weighted by molar-refractivity contribution is 5.38. The van der Waals surface area contributed by atoms with Crippen LogP contribution >= 0.6 is 0 Å². The molecular formula is C11H19N5O. The Morgan fingerprint density at radius 3 is 2.65 bits per heavy atom. The number of aromatic nitrogens is 3. The van der Waals surface area contributed by atoms with E-state index in [0.717, 1.165) is 13.0 Å². The molecule has 1 fully saturated rings. The first-order chi connectivity index (χ1) is 8.24. The number of ether oxygens (including phenoxy) is 1. The van der Waals surface area contributed by atoms with Gasteiger partial charge in [0.1, 0.15) is 0 Å². The molecule has 0 aromatic carbocycles. The lowest BCUT2D eigenvalue weighted by molar-refractivity contribution is 0.292. The Balaban J connectivity index is 2.17. The van der Waals surface area contributed by atoms with Crippen LogP contribution < -0.4 is 15.4 Å². The van der Waals surface area contributed by atoms with Crippen LogP contribution in [0.1, 0.15) is 33.1 Å². The van der Waals surface area contributed by atoms with Crippen LogP contribution in [0, 0.1) is 0 Å². The molecule has 2 rings (SSSR count). The Hall–Kier alpha value is -1.59. The highest BCUT2D eigenvalue weighted by atomic mass is 16.5. The van der Waals surface area contributed by atoms with E-state index in [4.69, 9.17) is 10.5 Å². The van der Waals surface area contributed by atoms with Gasteiger partial charge in [-0.2, -0.15) is 15.0 Å². The van der Waals surface area contributed by atoms with Gasteiger partial charge in [0.15, 0.2) is 0 Å². The van der Waals surface area contributed by atoms with E-state index in [1.54, 1.807) is 0 Å². The van der Waals surface area contributed by atoms with Gasteiger partial charge >= 0.3 is 6.01 Å². The third-order valence-electron chi connectivity index (χ3n) is 2.64. The first-order valence-electron chi connectivity index (χ1n) is 6.15. The topological polar surface area (TPSA) is 77.2 Å². The summed E-state index contributed by atoms with van der Waals surface area (Å²) in [5.41, 5.74) is 5.68. The van der Waals surface area contributed by atoms with Crippen molar-refractivity contribution in [2.75, 3.05) is 23.8 Å². The Labute approximate surface area is 101 Å². The van der Waals surface area contributed by atoms with Crippen LogP contribution in [0.2, 0.25) is 0 Å². The average Bonchev–Trinajstić information content (AvgIpc) is 3.11. The zero-order valence-electron chi connectivity index (χ0n) is 10.4. The van der Waals surface area contributed by atoms with Crippen molar-refractivity contribution in [3.05, 3.63) is 0 Å². The average molecular weight is 237 g/mol. The van der Waals surface area contributed by atoms with Gasteiger partial charge < -0.3 is 15.4 Å². The molecule has 0 atom stereocenters. The van der Waals surface area contributed by atoms with Gasteiger partial charge in [-0.1, -0.05) is 6.92 Å². The van der Waals surface area contributed by atoms with Crippen molar-refractivity contribution in [2.45, 2.75) is 39.2 Å². The fraction of sp³-hybridized carbons (Fsp3) is 0.727. The zero-order chi connectivity index (χ0) is 12.3. The highest BCUT2D eigenvalue weighted by Gasteiger charge is 2.30. The van der Waals surface area contributed by atoms with Gasteiger partial charge in [-0.25, -0.2) is 0 Å². The van der Waals surface area contributed by atoms with Crippen LogP contribution in [-0.4, -0.2) is 34.1 Å². The Kier molecular flexibility index (Phi) is 3.61. The molecule has 6 nitrogen and oxygen atoms in total. The minimum Gasteiger partial charge on any atom is -0.463 e. The maximum absolute atomic E-state index is 5.68. The number of nitrogens with zero attached hydrogens (tertiary/aromatic N) is 4. The summed E-state index contributed by atoms with van der Waals surface area (Å²) in [6.07, 6.45) is 3.32. The van der Waals surface area contributed by atoms with Crippen LogP contribution in [0.3, 0.4) is 0 Å². The van der Waals surface area contributed by atoms with Gasteiger partial charge in [0.25, 0.3) is 0 Å². The molecule has 17 heavy (non-hydrogen) atoms. The van der Waals surface area contributed by atoms with Crippen LogP contribution in [0.4, 0.5) is 11.9 Å². The van der Waals surface area contributed by atoms with Crippen molar-refractivity contribution in [2.24, 2.45) is 0 Å². The Morgan fingerprint density at radius 2 is 2.06 bits per heavy atom. The number of hydrogen-bond donors (Lipinski definition) is 1. The van der Waals surface area contributed by atoms with Gasteiger partial charge in [-0.05, 0) is 26.2 Å². The molecule has 0 radical (unpaired) electrons. The van der Waals surface area contributed by atoms with E-state index in [-0.39, 0.29) is 5.95 Å². The van der Waals surface area contributed by atoms with E-state index in [1.807, 2.05) is 6.92 Å². The molecule has 0 spiro atoms. The van der Waals surface area contributed by atoms with E-state index in [1.165, 1.54) is 12.8 Å². The second kappa shape index (κ2) is 5.16. The fourth-order valence-electron chi connectivity index (χ4n) is 1.70. The van der Waals surface area contributed by atoms with Gasteiger partial charge in [0.05, 0.1) is 6.61 Å². The third kappa shape index (κ3) is 2.95. The monoisotopic (exact) mass is 237 g/mol. The molecule has 1 aromatic rings. The van der Waals surface area contributed by atoms with Crippen molar-refractivity contribution in [1.82, 2.24) is 15.0 Å². The molecule has 0 bridgehead atoms. The summed E-state index contributed by atoms with van der Waals surface area (Å²) in [6.45, 7) is 5.60. The molecule has 6 heteroatoms. The lowest BCUT2D eigenvalue weighted by Gasteiger charge is -2.20. The predicted octanol–water partition coefficient (Wildman–Crippen LogP) is 1.23. The van der Waals surface area contributed by atoms with Crippen molar-refractivity contribution >= 4 is 11.9 Å². The third-order valence-corrected chi connectivity index (χ3v) is 2.64. The van der Waals surface area contributed by atoms with E-state index in [2.05, 4.69) is 26.8 Å². The van der Waals surface area contributed by atoms with Gasteiger partial charge in [0, 0.05) is 12.6 Å². The van der Waals surface area contributed by atoms with Gasteiger partial charge in [-0.15, -0.1) is 0 Å². The second-order valence-electron chi connectivity index (χ2n) is 4.14. The predicted molar refractivity (Wildman–Crippen MR) is 66.1 cm³/mol. The lowest BCUT2D eigenvalue weighted by atomic mass is 10.5. The number of hydrogen-bond acceptors (Lipinski definition) is 6. The highest BCUT2D eigenvalue weighted by Crippen LogP contribution is 2.30. The molecule has 2 N–H and O–H groups in total. The summed E-state index contributed by atoms with van der Waals surface area (Å²) < 4.78 is 5.40. The SMILES string of the molecule is CCCOc1nc(N)nc(N(CC)C2CC2)n1. The molecule has 94 valence electrons. The molecule has 1 aromatic heterocycles. The number of nitrogens with two attached hydrogens (primary N) is 1. The first kappa shape index (κ1) is 11.9. The van der Waals surface area contributed by atoms with Crippen LogP contribution in [0.25, 0.3) is 0 Å².